The molecule has 5 rings (SSSR count). The van der Waals surface area contributed by atoms with Crippen LogP contribution in [0.15, 0.2) is 73.3 Å². The molecular formula is C30H34N2O5S. The monoisotopic (exact) mass is 534 g/mol. The number of benzene rings is 2. The van der Waals surface area contributed by atoms with Crippen LogP contribution in [-0.4, -0.2) is 72.5 Å². The number of thioether (sulfide) groups is 1. The highest BCUT2D eigenvalue weighted by atomic mass is 32.2. The summed E-state index contributed by atoms with van der Waals surface area (Å²) in [5.74, 6) is -3.25. The van der Waals surface area contributed by atoms with Crippen molar-refractivity contribution < 1.29 is 24.6 Å². The largest absolute Gasteiger partial charge is 0.481 e. The zero-order valence-electron chi connectivity index (χ0n) is 21.5. The molecule has 3 saturated heterocycles. The van der Waals surface area contributed by atoms with E-state index < -0.39 is 39.4 Å². The number of hydrogen-bond donors (Lipinski definition) is 2. The Morgan fingerprint density at radius 2 is 1.76 bits per heavy atom. The SMILES string of the molecule is C=CCN(Cc1ccccc1)C(=O)C1N([C@@H](CO)Cc2ccccc2)C(=O)[C@@H]2[C@@H](C(=O)O)[C@@]3(C)CCC12S3. The zero-order valence-corrected chi connectivity index (χ0v) is 22.3. The third kappa shape index (κ3) is 4.24. The Morgan fingerprint density at radius 1 is 1.13 bits per heavy atom. The lowest BCUT2D eigenvalue weighted by Gasteiger charge is -2.39. The minimum atomic E-state index is -0.996. The molecule has 3 aliphatic heterocycles. The van der Waals surface area contributed by atoms with Gasteiger partial charge in [-0.1, -0.05) is 66.7 Å². The molecule has 0 aliphatic carbocycles. The van der Waals surface area contributed by atoms with E-state index in [1.807, 2.05) is 67.6 Å². The molecule has 2 aromatic rings. The fraction of sp³-hybridized carbons (Fsp3) is 0.433. The van der Waals surface area contributed by atoms with E-state index in [0.29, 0.717) is 32.4 Å². The van der Waals surface area contributed by atoms with Crippen molar-refractivity contribution in [2.75, 3.05) is 13.2 Å². The summed E-state index contributed by atoms with van der Waals surface area (Å²) in [6, 6.07) is 17.7. The van der Waals surface area contributed by atoms with Crippen molar-refractivity contribution in [2.24, 2.45) is 11.8 Å². The van der Waals surface area contributed by atoms with Gasteiger partial charge in [-0.2, -0.15) is 0 Å². The highest BCUT2D eigenvalue weighted by Crippen LogP contribution is 2.71. The molecule has 7 nitrogen and oxygen atoms in total. The summed E-state index contributed by atoms with van der Waals surface area (Å²) in [7, 11) is 0. The standard InChI is InChI=1S/C30H34N2O5S/c1-3-16-31(18-21-12-8-5-9-13-21)27(35)25-30-15-14-29(2,38-30)24(28(36)37)23(30)26(34)32(25)22(19-33)17-20-10-6-4-7-11-20/h3-13,22-25,33H,1,14-19H2,2H3,(H,36,37)/t22-,23+,24+,25?,29-,30?/m1/s1. The lowest BCUT2D eigenvalue weighted by molar-refractivity contribution is -0.151. The zero-order chi connectivity index (χ0) is 27.1. The second kappa shape index (κ2) is 10.2. The summed E-state index contributed by atoms with van der Waals surface area (Å²) in [6.45, 7) is 6.08. The van der Waals surface area contributed by atoms with Gasteiger partial charge < -0.3 is 20.0 Å². The van der Waals surface area contributed by atoms with E-state index in [4.69, 9.17) is 0 Å². The quantitative estimate of drug-likeness (QED) is 0.454. The molecule has 2 N–H and O–H groups in total. The van der Waals surface area contributed by atoms with Gasteiger partial charge in [0.05, 0.1) is 29.2 Å². The number of aliphatic hydroxyl groups excluding tert-OH is 1. The summed E-state index contributed by atoms with van der Waals surface area (Å²) < 4.78 is -1.47. The number of carboxylic acid groups (broad SMARTS) is 1. The first-order chi connectivity index (χ1) is 18.3. The Hall–Kier alpha value is -3.10. The van der Waals surface area contributed by atoms with Gasteiger partial charge in [-0.25, -0.2) is 0 Å². The van der Waals surface area contributed by atoms with Crippen LogP contribution in [0, 0.1) is 11.8 Å². The predicted octanol–water partition coefficient (Wildman–Crippen LogP) is 3.37. The third-order valence-electron chi connectivity index (χ3n) is 8.51. The van der Waals surface area contributed by atoms with Crippen molar-refractivity contribution in [3.05, 3.63) is 84.4 Å². The van der Waals surface area contributed by atoms with Crippen LogP contribution in [0.5, 0.6) is 0 Å². The first kappa shape index (κ1) is 26.5. The van der Waals surface area contributed by atoms with E-state index >= 15 is 0 Å². The molecule has 3 aliphatic rings. The van der Waals surface area contributed by atoms with Gasteiger partial charge in [-0.05, 0) is 37.3 Å². The number of nitrogens with zero attached hydrogens (tertiary/aromatic N) is 2. The molecule has 2 bridgehead atoms. The van der Waals surface area contributed by atoms with Crippen LogP contribution in [0.1, 0.15) is 30.9 Å². The van der Waals surface area contributed by atoms with Crippen LogP contribution in [0.25, 0.3) is 0 Å². The van der Waals surface area contributed by atoms with E-state index in [0.717, 1.165) is 11.1 Å². The maximum Gasteiger partial charge on any atom is 0.308 e. The van der Waals surface area contributed by atoms with E-state index in [1.165, 1.54) is 11.8 Å². The average Bonchev–Trinajstić information content (AvgIpc) is 3.48. The Balaban J connectivity index is 1.58. The summed E-state index contributed by atoms with van der Waals surface area (Å²) in [6.07, 6.45) is 3.25. The van der Waals surface area contributed by atoms with Gasteiger partial charge in [0.1, 0.15) is 6.04 Å². The van der Waals surface area contributed by atoms with Gasteiger partial charge in [0.15, 0.2) is 0 Å². The van der Waals surface area contributed by atoms with Crippen LogP contribution < -0.4 is 0 Å². The molecule has 1 spiro atoms. The lowest BCUT2D eigenvalue weighted by atomic mass is 9.66. The van der Waals surface area contributed by atoms with Crippen molar-refractivity contribution in [1.29, 1.82) is 0 Å². The number of carboxylic acids is 1. The van der Waals surface area contributed by atoms with Crippen molar-refractivity contribution in [1.82, 2.24) is 9.80 Å². The molecule has 3 heterocycles. The summed E-state index contributed by atoms with van der Waals surface area (Å²) in [5.41, 5.74) is 1.89. The molecule has 200 valence electrons. The average molecular weight is 535 g/mol. The molecular weight excluding hydrogens is 500 g/mol. The van der Waals surface area contributed by atoms with Crippen molar-refractivity contribution in [2.45, 2.75) is 54.3 Å². The lowest BCUT2D eigenvalue weighted by Crippen LogP contribution is -2.57. The van der Waals surface area contributed by atoms with Crippen molar-refractivity contribution in [3.8, 4) is 0 Å². The number of likely N-dealkylation sites (tertiary alicyclic amines) is 1. The molecule has 3 fully saturated rings. The van der Waals surface area contributed by atoms with Crippen molar-refractivity contribution >= 4 is 29.5 Å². The normalized spacial score (nSPS) is 30.2. The topological polar surface area (TPSA) is 98.2 Å². The molecule has 8 heteroatoms. The fourth-order valence-electron chi connectivity index (χ4n) is 6.91. The van der Waals surface area contributed by atoms with E-state index in [2.05, 4.69) is 6.58 Å². The summed E-state index contributed by atoms with van der Waals surface area (Å²) in [4.78, 5) is 44.5. The molecule has 2 amide bonds. The summed E-state index contributed by atoms with van der Waals surface area (Å²) in [5, 5.41) is 20.8. The Morgan fingerprint density at radius 3 is 2.34 bits per heavy atom. The number of carbonyl (C=O) groups is 3. The van der Waals surface area contributed by atoms with E-state index in [1.54, 1.807) is 15.9 Å². The van der Waals surface area contributed by atoms with Crippen LogP contribution in [0.3, 0.4) is 0 Å². The minimum absolute atomic E-state index is 0.223. The minimum Gasteiger partial charge on any atom is -0.481 e. The predicted molar refractivity (Wildman–Crippen MR) is 146 cm³/mol. The number of carbonyl (C=O) groups excluding carboxylic acids is 2. The van der Waals surface area contributed by atoms with Gasteiger partial charge in [-0.15, -0.1) is 18.3 Å². The van der Waals surface area contributed by atoms with Crippen LogP contribution in [0.2, 0.25) is 0 Å². The second-order valence-electron chi connectivity index (χ2n) is 10.8. The highest BCUT2D eigenvalue weighted by Gasteiger charge is 2.78. The molecule has 0 aromatic heterocycles. The number of fused-ring (bicyclic) bond motifs is 1. The molecule has 38 heavy (non-hydrogen) atoms. The highest BCUT2D eigenvalue weighted by molar-refractivity contribution is 8.02. The van der Waals surface area contributed by atoms with Gasteiger partial charge in [-0.3, -0.25) is 14.4 Å². The second-order valence-corrected chi connectivity index (χ2v) is 12.7. The van der Waals surface area contributed by atoms with Crippen LogP contribution >= 0.6 is 11.8 Å². The maximum atomic E-state index is 14.5. The first-order valence-electron chi connectivity index (χ1n) is 13.1. The molecule has 0 radical (unpaired) electrons. The Kier molecular flexibility index (Phi) is 7.13. The Labute approximate surface area is 227 Å². The molecule has 2 aromatic carbocycles. The van der Waals surface area contributed by atoms with Crippen molar-refractivity contribution in [3.63, 3.8) is 0 Å². The summed E-state index contributed by atoms with van der Waals surface area (Å²) >= 11 is 1.51. The number of hydrogen-bond acceptors (Lipinski definition) is 5. The maximum absolute atomic E-state index is 14.5. The van der Waals surface area contributed by atoms with Crippen LogP contribution in [-0.2, 0) is 27.3 Å². The smallest absolute Gasteiger partial charge is 0.308 e. The first-order valence-corrected chi connectivity index (χ1v) is 13.9. The fourth-order valence-corrected chi connectivity index (χ4v) is 9.24. The molecule has 6 atom stereocenters. The van der Waals surface area contributed by atoms with E-state index in [9.17, 15) is 24.6 Å². The van der Waals surface area contributed by atoms with Crippen LogP contribution in [0.4, 0.5) is 0 Å². The third-order valence-corrected chi connectivity index (χ3v) is 10.5. The van der Waals surface area contributed by atoms with Gasteiger partial charge >= 0.3 is 5.97 Å². The molecule has 2 unspecified atom stereocenters. The molecule has 0 saturated carbocycles. The van der Waals surface area contributed by atoms with Gasteiger partial charge in [0, 0.05) is 17.8 Å². The van der Waals surface area contributed by atoms with Gasteiger partial charge in [0.25, 0.3) is 0 Å². The number of amides is 2. The van der Waals surface area contributed by atoms with Gasteiger partial charge in [0.2, 0.25) is 11.8 Å². The van der Waals surface area contributed by atoms with E-state index in [-0.39, 0.29) is 18.4 Å². The number of rotatable bonds is 10. The number of aliphatic carboxylic acids is 1. The number of aliphatic hydroxyl groups is 1. The Bertz CT molecular complexity index is 1220.